The van der Waals surface area contributed by atoms with Crippen LogP contribution in [0, 0.1) is 10.1 Å². The van der Waals surface area contributed by atoms with Crippen molar-refractivity contribution >= 4 is 21.6 Å². The van der Waals surface area contributed by atoms with Gasteiger partial charge in [-0.25, -0.2) is 0 Å². The number of likely N-dealkylation sites (N-methyl/N-ethyl adjacent to an activating group) is 1. The summed E-state index contributed by atoms with van der Waals surface area (Å²) in [5.74, 6) is 0. The first-order chi connectivity index (χ1) is 7.58. The Morgan fingerprint density at radius 2 is 2.38 bits per heavy atom. The molecule has 0 aliphatic carbocycles. The van der Waals surface area contributed by atoms with Crippen LogP contribution in [-0.2, 0) is 6.42 Å². The molecule has 0 aliphatic rings. The van der Waals surface area contributed by atoms with Crippen LogP contribution in [0.4, 0.5) is 5.69 Å². The fourth-order valence-electron chi connectivity index (χ4n) is 1.46. The minimum Gasteiger partial charge on any atom is -0.317 e. The molecule has 16 heavy (non-hydrogen) atoms. The van der Waals surface area contributed by atoms with Gasteiger partial charge in [0.15, 0.2) is 0 Å². The van der Waals surface area contributed by atoms with E-state index in [0.29, 0.717) is 16.6 Å². The van der Waals surface area contributed by atoms with Crippen molar-refractivity contribution in [1.29, 1.82) is 0 Å². The molecule has 1 heterocycles. The zero-order valence-corrected chi connectivity index (χ0v) is 10.8. The van der Waals surface area contributed by atoms with Gasteiger partial charge in [-0.15, -0.1) is 0 Å². The summed E-state index contributed by atoms with van der Waals surface area (Å²) >= 11 is 3.18. The highest BCUT2D eigenvalue weighted by atomic mass is 79.9. The van der Waals surface area contributed by atoms with E-state index in [4.69, 9.17) is 0 Å². The van der Waals surface area contributed by atoms with Crippen LogP contribution in [0.25, 0.3) is 0 Å². The highest BCUT2D eigenvalue weighted by molar-refractivity contribution is 9.10. The van der Waals surface area contributed by atoms with E-state index in [2.05, 4.69) is 26.2 Å². The maximum Gasteiger partial charge on any atom is 0.291 e. The van der Waals surface area contributed by atoms with Gasteiger partial charge in [-0.3, -0.25) is 15.1 Å². The smallest absolute Gasteiger partial charge is 0.291 e. The molecule has 0 fully saturated rings. The van der Waals surface area contributed by atoms with Gasteiger partial charge in [0.05, 0.1) is 4.92 Å². The van der Waals surface area contributed by atoms with Crippen molar-refractivity contribution in [2.24, 2.45) is 0 Å². The summed E-state index contributed by atoms with van der Waals surface area (Å²) < 4.78 is 0.625. The molecule has 1 N–H and O–H groups in total. The van der Waals surface area contributed by atoms with Gasteiger partial charge in [0, 0.05) is 29.2 Å². The van der Waals surface area contributed by atoms with E-state index in [1.165, 1.54) is 6.07 Å². The number of halogens is 1. The van der Waals surface area contributed by atoms with Gasteiger partial charge in [-0.2, -0.15) is 0 Å². The number of nitro groups is 1. The summed E-state index contributed by atoms with van der Waals surface area (Å²) in [6, 6.07) is 1.71. The molecule has 6 heteroatoms. The van der Waals surface area contributed by atoms with E-state index in [0.717, 1.165) is 6.42 Å². The largest absolute Gasteiger partial charge is 0.317 e. The summed E-state index contributed by atoms with van der Waals surface area (Å²) in [6.07, 6.45) is 3.06. The summed E-state index contributed by atoms with van der Waals surface area (Å²) in [6.45, 7) is 2.03. The third-order valence-electron chi connectivity index (χ3n) is 2.45. The lowest BCUT2D eigenvalue weighted by Crippen LogP contribution is -2.27. The maximum atomic E-state index is 10.9. The Morgan fingerprint density at radius 1 is 1.69 bits per heavy atom. The lowest BCUT2D eigenvalue weighted by molar-refractivity contribution is -0.386. The second-order valence-corrected chi connectivity index (χ2v) is 4.39. The summed E-state index contributed by atoms with van der Waals surface area (Å²) in [7, 11) is 1.85. The zero-order valence-electron chi connectivity index (χ0n) is 9.24. The number of hydrogen-bond donors (Lipinski definition) is 1. The quantitative estimate of drug-likeness (QED) is 0.666. The molecule has 88 valence electrons. The predicted molar refractivity (Wildman–Crippen MR) is 65.4 cm³/mol. The molecule has 0 spiro atoms. The first-order valence-electron chi connectivity index (χ1n) is 5.04. The Hall–Kier alpha value is -1.01. The summed E-state index contributed by atoms with van der Waals surface area (Å²) in [4.78, 5) is 14.6. The second-order valence-electron chi connectivity index (χ2n) is 3.47. The summed E-state index contributed by atoms with van der Waals surface area (Å²) in [5.41, 5.74) is 0.595. The molecule has 1 rings (SSSR count). The van der Waals surface area contributed by atoms with Crippen LogP contribution in [0.15, 0.2) is 16.7 Å². The fourth-order valence-corrected chi connectivity index (χ4v) is 1.78. The van der Waals surface area contributed by atoms with Crippen molar-refractivity contribution in [2.45, 2.75) is 25.8 Å². The first kappa shape index (κ1) is 13.1. The van der Waals surface area contributed by atoms with Gasteiger partial charge in [0.2, 0.25) is 0 Å². The average molecular weight is 288 g/mol. The van der Waals surface area contributed by atoms with Crippen molar-refractivity contribution in [3.8, 4) is 0 Å². The number of hydrogen-bond acceptors (Lipinski definition) is 4. The predicted octanol–water partition coefficient (Wildman–Crippen LogP) is 2.29. The number of rotatable bonds is 5. The third-order valence-corrected chi connectivity index (χ3v) is 2.89. The molecule has 0 saturated heterocycles. The van der Waals surface area contributed by atoms with E-state index in [1.807, 2.05) is 14.0 Å². The van der Waals surface area contributed by atoms with Gasteiger partial charge in [0.1, 0.15) is 5.69 Å². The second kappa shape index (κ2) is 5.91. The molecule has 0 bridgehead atoms. The van der Waals surface area contributed by atoms with Crippen LogP contribution in [0.2, 0.25) is 0 Å². The Bertz CT molecular complexity index is 380. The van der Waals surface area contributed by atoms with Crippen LogP contribution in [0.3, 0.4) is 0 Å². The Labute approximate surface area is 103 Å². The molecular weight excluding hydrogens is 274 g/mol. The molecule has 0 radical (unpaired) electrons. The molecule has 0 saturated carbocycles. The van der Waals surface area contributed by atoms with Crippen molar-refractivity contribution in [1.82, 2.24) is 10.3 Å². The number of pyridine rings is 1. The normalized spacial score (nSPS) is 12.4. The van der Waals surface area contributed by atoms with Crippen molar-refractivity contribution < 1.29 is 4.92 Å². The van der Waals surface area contributed by atoms with Crippen LogP contribution in [0.5, 0.6) is 0 Å². The van der Waals surface area contributed by atoms with E-state index < -0.39 is 4.92 Å². The lowest BCUT2D eigenvalue weighted by Gasteiger charge is -2.12. The Kier molecular flexibility index (Phi) is 4.82. The van der Waals surface area contributed by atoms with Gasteiger partial charge >= 0.3 is 0 Å². The van der Waals surface area contributed by atoms with Crippen LogP contribution in [0.1, 0.15) is 19.0 Å². The SMILES string of the molecule is CCC(Cc1ncc(Br)cc1[N+](=O)[O-])NC. The molecular formula is C10H14BrN3O2. The molecule has 0 aliphatic heterocycles. The minimum absolute atomic E-state index is 0.0723. The van der Waals surface area contributed by atoms with Crippen LogP contribution in [-0.4, -0.2) is 23.0 Å². The molecule has 1 aromatic rings. The van der Waals surface area contributed by atoms with Gasteiger partial charge in [0.25, 0.3) is 5.69 Å². The monoisotopic (exact) mass is 287 g/mol. The molecule has 1 unspecified atom stereocenters. The standard InChI is InChI=1S/C10H14BrN3O2/c1-3-8(12-2)5-9-10(14(15)16)4-7(11)6-13-9/h4,6,8,12H,3,5H2,1-2H3. The maximum absolute atomic E-state index is 10.9. The van der Waals surface area contributed by atoms with E-state index >= 15 is 0 Å². The van der Waals surface area contributed by atoms with Crippen LogP contribution < -0.4 is 5.32 Å². The van der Waals surface area contributed by atoms with Crippen molar-refractivity contribution in [3.63, 3.8) is 0 Å². The first-order valence-corrected chi connectivity index (χ1v) is 5.83. The zero-order chi connectivity index (χ0) is 12.1. The number of aromatic nitrogens is 1. The van der Waals surface area contributed by atoms with Gasteiger partial charge in [-0.05, 0) is 29.4 Å². The molecule has 1 atom stereocenters. The van der Waals surface area contributed by atoms with E-state index in [1.54, 1.807) is 6.20 Å². The Balaban J connectivity index is 2.98. The van der Waals surface area contributed by atoms with Gasteiger partial charge in [-0.1, -0.05) is 6.92 Å². The topological polar surface area (TPSA) is 68.1 Å². The van der Waals surface area contributed by atoms with Crippen LogP contribution >= 0.6 is 15.9 Å². The highest BCUT2D eigenvalue weighted by Crippen LogP contribution is 2.22. The molecule has 0 aromatic carbocycles. The van der Waals surface area contributed by atoms with Crippen molar-refractivity contribution in [2.75, 3.05) is 7.05 Å². The van der Waals surface area contributed by atoms with Gasteiger partial charge < -0.3 is 5.32 Å². The summed E-state index contributed by atoms with van der Waals surface area (Å²) in [5, 5.41) is 14.0. The van der Waals surface area contributed by atoms with E-state index in [-0.39, 0.29) is 11.7 Å². The number of nitrogens with zero attached hydrogens (tertiary/aromatic N) is 2. The molecule has 1 aromatic heterocycles. The molecule has 0 amide bonds. The average Bonchev–Trinajstić information content (AvgIpc) is 2.27. The number of nitrogens with one attached hydrogen (secondary N) is 1. The van der Waals surface area contributed by atoms with E-state index in [9.17, 15) is 10.1 Å². The molecule has 5 nitrogen and oxygen atoms in total. The fraction of sp³-hybridized carbons (Fsp3) is 0.500. The third kappa shape index (κ3) is 3.24. The highest BCUT2D eigenvalue weighted by Gasteiger charge is 2.18. The minimum atomic E-state index is -0.393. The van der Waals surface area contributed by atoms with Crippen molar-refractivity contribution in [3.05, 3.63) is 32.5 Å². The Morgan fingerprint density at radius 3 is 2.88 bits per heavy atom. The lowest BCUT2D eigenvalue weighted by atomic mass is 10.1.